The molecule has 1 aliphatic rings. The molecule has 2 rings (SSSR count). The van der Waals surface area contributed by atoms with Crippen molar-refractivity contribution >= 4 is 23.5 Å². The van der Waals surface area contributed by atoms with Gasteiger partial charge in [-0.3, -0.25) is 4.79 Å². The molecular formula is C14H16ClNO3. The highest BCUT2D eigenvalue weighted by Gasteiger charge is 2.42. The third-order valence-corrected chi connectivity index (χ3v) is 3.92. The molecule has 2 N–H and O–H groups in total. The lowest BCUT2D eigenvalue weighted by atomic mass is 9.97. The standard InChI is InChI=1S/C14H16ClNO3/c15-11-6-2-1-5-10(11)9-12(17)16-14(13(18)19)7-3-4-8-14/h1-2,5-6H,3-4,7-9H2,(H,16,17)(H,18,19). The van der Waals surface area contributed by atoms with Crippen molar-refractivity contribution in [2.24, 2.45) is 0 Å². The molecule has 1 aromatic carbocycles. The van der Waals surface area contributed by atoms with Gasteiger partial charge in [0.25, 0.3) is 0 Å². The van der Waals surface area contributed by atoms with E-state index in [0.29, 0.717) is 23.4 Å². The van der Waals surface area contributed by atoms with Gasteiger partial charge in [-0.1, -0.05) is 42.6 Å². The topological polar surface area (TPSA) is 66.4 Å². The first-order valence-corrected chi connectivity index (χ1v) is 6.69. The van der Waals surface area contributed by atoms with Gasteiger partial charge in [0, 0.05) is 5.02 Å². The van der Waals surface area contributed by atoms with Crippen LogP contribution in [-0.4, -0.2) is 22.5 Å². The van der Waals surface area contributed by atoms with Crippen LogP contribution in [0, 0.1) is 0 Å². The monoisotopic (exact) mass is 281 g/mol. The van der Waals surface area contributed by atoms with Gasteiger partial charge >= 0.3 is 5.97 Å². The van der Waals surface area contributed by atoms with E-state index < -0.39 is 11.5 Å². The van der Waals surface area contributed by atoms with Gasteiger partial charge in [-0.25, -0.2) is 4.79 Å². The van der Waals surface area contributed by atoms with Crippen molar-refractivity contribution in [1.29, 1.82) is 0 Å². The molecule has 4 nitrogen and oxygen atoms in total. The SMILES string of the molecule is O=C(Cc1ccccc1Cl)NC1(C(=O)O)CCCC1. The van der Waals surface area contributed by atoms with Crippen molar-refractivity contribution in [1.82, 2.24) is 5.32 Å². The average molecular weight is 282 g/mol. The number of rotatable bonds is 4. The third kappa shape index (κ3) is 3.07. The Bertz CT molecular complexity index is 495. The number of hydrogen-bond donors (Lipinski definition) is 2. The van der Waals surface area contributed by atoms with Crippen molar-refractivity contribution in [3.8, 4) is 0 Å². The molecule has 0 spiro atoms. The summed E-state index contributed by atoms with van der Waals surface area (Å²) < 4.78 is 0. The maximum absolute atomic E-state index is 12.0. The first kappa shape index (κ1) is 13.9. The quantitative estimate of drug-likeness (QED) is 0.890. The maximum Gasteiger partial charge on any atom is 0.329 e. The van der Waals surface area contributed by atoms with Gasteiger partial charge in [0.2, 0.25) is 5.91 Å². The Morgan fingerprint density at radius 2 is 1.89 bits per heavy atom. The lowest BCUT2D eigenvalue weighted by Gasteiger charge is -2.25. The first-order chi connectivity index (χ1) is 9.03. The second-order valence-electron chi connectivity index (χ2n) is 4.91. The number of halogens is 1. The lowest BCUT2D eigenvalue weighted by molar-refractivity contribution is -0.147. The van der Waals surface area contributed by atoms with Gasteiger partial charge in [0.05, 0.1) is 6.42 Å². The Morgan fingerprint density at radius 1 is 1.26 bits per heavy atom. The van der Waals surface area contributed by atoms with E-state index in [1.54, 1.807) is 24.3 Å². The van der Waals surface area contributed by atoms with Gasteiger partial charge < -0.3 is 10.4 Å². The molecule has 19 heavy (non-hydrogen) atoms. The van der Waals surface area contributed by atoms with Crippen LogP contribution in [0.4, 0.5) is 0 Å². The number of aliphatic carboxylic acids is 1. The number of carboxylic acid groups (broad SMARTS) is 1. The number of carboxylic acids is 1. The van der Waals surface area contributed by atoms with E-state index in [1.165, 1.54) is 0 Å². The lowest BCUT2D eigenvalue weighted by Crippen LogP contribution is -2.52. The zero-order valence-electron chi connectivity index (χ0n) is 10.5. The molecule has 0 unspecified atom stereocenters. The smallest absolute Gasteiger partial charge is 0.329 e. The number of benzene rings is 1. The van der Waals surface area contributed by atoms with Crippen molar-refractivity contribution in [2.75, 3.05) is 0 Å². The van der Waals surface area contributed by atoms with Crippen LogP contribution in [0.5, 0.6) is 0 Å². The van der Waals surface area contributed by atoms with Crippen molar-refractivity contribution in [2.45, 2.75) is 37.6 Å². The van der Waals surface area contributed by atoms with Crippen molar-refractivity contribution in [3.05, 3.63) is 34.9 Å². The van der Waals surface area contributed by atoms with Crippen molar-refractivity contribution in [3.63, 3.8) is 0 Å². The number of amides is 1. The molecule has 1 fully saturated rings. The molecule has 0 aromatic heterocycles. The fraction of sp³-hybridized carbons (Fsp3) is 0.429. The van der Waals surface area contributed by atoms with Crippen molar-refractivity contribution < 1.29 is 14.7 Å². The van der Waals surface area contributed by atoms with E-state index in [0.717, 1.165) is 12.8 Å². The molecule has 0 bridgehead atoms. The van der Waals surface area contributed by atoms with Gasteiger partial charge in [0.1, 0.15) is 5.54 Å². The molecule has 0 saturated heterocycles. The zero-order chi connectivity index (χ0) is 13.9. The minimum atomic E-state index is -1.08. The van der Waals surface area contributed by atoms with Crippen LogP contribution in [0.1, 0.15) is 31.2 Å². The van der Waals surface area contributed by atoms with Crippen LogP contribution in [0.15, 0.2) is 24.3 Å². The van der Waals surface area contributed by atoms with E-state index in [-0.39, 0.29) is 12.3 Å². The Hall–Kier alpha value is -1.55. The van der Waals surface area contributed by atoms with Crippen LogP contribution < -0.4 is 5.32 Å². The number of nitrogens with one attached hydrogen (secondary N) is 1. The third-order valence-electron chi connectivity index (χ3n) is 3.55. The molecule has 5 heteroatoms. The predicted octanol–water partition coefficient (Wildman–Crippen LogP) is 2.40. The summed E-state index contributed by atoms with van der Waals surface area (Å²) in [5, 5.41) is 12.5. The van der Waals surface area contributed by atoms with Crippen LogP contribution in [0.25, 0.3) is 0 Å². The van der Waals surface area contributed by atoms with Crippen LogP contribution in [0.3, 0.4) is 0 Å². The largest absolute Gasteiger partial charge is 0.480 e. The molecule has 0 aliphatic heterocycles. The number of carbonyl (C=O) groups is 2. The molecule has 1 aliphatic carbocycles. The molecule has 1 amide bonds. The summed E-state index contributed by atoms with van der Waals surface area (Å²) in [7, 11) is 0. The Morgan fingerprint density at radius 3 is 2.47 bits per heavy atom. The summed E-state index contributed by atoms with van der Waals surface area (Å²) in [4.78, 5) is 23.3. The van der Waals surface area contributed by atoms with E-state index in [9.17, 15) is 14.7 Å². The van der Waals surface area contributed by atoms with Crippen LogP contribution in [0.2, 0.25) is 5.02 Å². The minimum Gasteiger partial charge on any atom is -0.480 e. The normalized spacial score (nSPS) is 17.1. The molecule has 0 atom stereocenters. The van der Waals surface area contributed by atoms with Gasteiger partial charge in [-0.2, -0.15) is 0 Å². The summed E-state index contributed by atoms with van der Waals surface area (Å²) >= 11 is 5.99. The van der Waals surface area contributed by atoms with E-state index >= 15 is 0 Å². The fourth-order valence-corrected chi connectivity index (χ4v) is 2.70. The number of hydrogen-bond acceptors (Lipinski definition) is 2. The van der Waals surface area contributed by atoms with Crippen LogP contribution >= 0.6 is 11.6 Å². The highest BCUT2D eigenvalue weighted by atomic mass is 35.5. The molecule has 1 aromatic rings. The first-order valence-electron chi connectivity index (χ1n) is 6.31. The summed E-state index contributed by atoms with van der Waals surface area (Å²) in [5.74, 6) is -1.24. The second-order valence-corrected chi connectivity index (χ2v) is 5.32. The fourth-order valence-electron chi connectivity index (χ4n) is 2.50. The molecule has 102 valence electrons. The van der Waals surface area contributed by atoms with Gasteiger partial charge in [-0.15, -0.1) is 0 Å². The Kier molecular flexibility index (Phi) is 4.10. The van der Waals surface area contributed by atoms with Gasteiger partial charge in [0.15, 0.2) is 0 Å². The summed E-state index contributed by atoms with van der Waals surface area (Å²) in [6.45, 7) is 0. The second kappa shape index (κ2) is 5.61. The Balaban J connectivity index is 2.05. The van der Waals surface area contributed by atoms with Gasteiger partial charge in [-0.05, 0) is 24.5 Å². The highest BCUT2D eigenvalue weighted by Crippen LogP contribution is 2.30. The summed E-state index contributed by atoms with van der Waals surface area (Å²) in [5.41, 5.74) is -0.376. The summed E-state index contributed by atoms with van der Waals surface area (Å²) in [6.07, 6.45) is 2.76. The molecular weight excluding hydrogens is 266 g/mol. The number of carbonyl (C=O) groups excluding carboxylic acids is 1. The minimum absolute atomic E-state index is 0.106. The maximum atomic E-state index is 12.0. The van der Waals surface area contributed by atoms with E-state index in [2.05, 4.69) is 5.32 Å². The molecule has 1 saturated carbocycles. The zero-order valence-corrected chi connectivity index (χ0v) is 11.2. The summed E-state index contributed by atoms with van der Waals surface area (Å²) in [6, 6.07) is 7.08. The van der Waals surface area contributed by atoms with Crippen LogP contribution in [-0.2, 0) is 16.0 Å². The molecule has 0 radical (unpaired) electrons. The van der Waals surface area contributed by atoms with E-state index in [1.807, 2.05) is 0 Å². The van der Waals surface area contributed by atoms with E-state index in [4.69, 9.17) is 11.6 Å². The Labute approximate surface area is 116 Å². The molecule has 0 heterocycles. The average Bonchev–Trinajstić information content (AvgIpc) is 2.82. The highest BCUT2D eigenvalue weighted by molar-refractivity contribution is 6.31. The predicted molar refractivity (Wildman–Crippen MR) is 72.1 cm³/mol.